The summed E-state index contributed by atoms with van der Waals surface area (Å²) in [5, 5.41) is 12.4. The van der Waals surface area contributed by atoms with Crippen molar-refractivity contribution in [3.05, 3.63) is 94.5 Å². The molecule has 1 amide bonds. The third-order valence-corrected chi connectivity index (χ3v) is 4.51. The average Bonchev–Trinajstić information content (AvgIpc) is 2.77. The fourth-order valence-electron chi connectivity index (χ4n) is 2.66. The van der Waals surface area contributed by atoms with Gasteiger partial charge < -0.3 is 14.8 Å². The number of rotatable bonds is 7. The number of anilines is 1. The van der Waals surface area contributed by atoms with E-state index in [0.717, 1.165) is 5.56 Å². The van der Waals surface area contributed by atoms with Crippen molar-refractivity contribution in [3.8, 4) is 17.6 Å². The molecule has 3 rings (SSSR count). The van der Waals surface area contributed by atoms with E-state index in [9.17, 15) is 10.1 Å². The highest BCUT2D eigenvalue weighted by Gasteiger charge is 2.11. The van der Waals surface area contributed by atoms with Crippen LogP contribution in [0, 0.1) is 11.3 Å². The van der Waals surface area contributed by atoms with Gasteiger partial charge in [-0.05, 0) is 47.5 Å². The highest BCUT2D eigenvalue weighted by Crippen LogP contribution is 2.27. The lowest BCUT2D eigenvalue weighted by Gasteiger charge is -2.08. The number of hydrogen-bond donors (Lipinski definition) is 1. The molecule has 0 unspecified atom stereocenters. The molecule has 5 nitrogen and oxygen atoms in total. The summed E-state index contributed by atoms with van der Waals surface area (Å²) in [5.41, 5.74) is 2.22. The monoisotopic (exact) mass is 418 g/mol. The fraction of sp³-hybridized carbons (Fsp3) is 0.0833. The fourth-order valence-corrected chi connectivity index (χ4v) is 2.92. The second-order valence-corrected chi connectivity index (χ2v) is 6.72. The quantitative estimate of drug-likeness (QED) is 0.407. The normalized spacial score (nSPS) is 10.8. The predicted octanol–water partition coefficient (Wildman–Crippen LogP) is 5.47. The van der Waals surface area contributed by atoms with Gasteiger partial charge in [-0.25, -0.2) is 0 Å². The van der Waals surface area contributed by atoms with E-state index in [0.29, 0.717) is 34.4 Å². The Balaban J connectivity index is 1.65. The molecule has 0 bridgehead atoms. The molecule has 0 fully saturated rings. The van der Waals surface area contributed by atoms with Crippen molar-refractivity contribution in [1.29, 1.82) is 5.26 Å². The van der Waals surface area contributed by atoms with E-state index in [2.05, 4.69) is 5.32 Å². The highest BCUT2D eigenvalue weighted by atomic mass is 35.5. The number of nitrogens with one attached hydrogen (secondary N) is 1. The average molecular weight is 419 g/mol. The molecule has 0 aromatic heterocycles. The molecule has 1 N–H and O–H groups in total. The largest absolute Gasteiger partial charge is 0.495 e. The van der Waals surface area contributed by atoms with Crippen molar-refractivity contribution in [2.24, 2.45) is 0 Å². The Bertz CT molecular complexity index is 1090. The standard InChI is InChI=1S/C24H19ClN2O3/c1-29-23-12-9-20(14-22(23)25)27-24(28)19(15-26)13-17-7-10-21(11-8-17)30-16-18-5-3-2-4-6-18/h2-14H,16H2,1H3,(H,27,28)/b19-13+. The Morgan fingerprint density at radius 1 is 1.10 bits per heavy atom. The smallest absolute Gasteiger partial charge is 0.266 e. The molecule has 0 saturated heterocycles. The van der Waals surface area contributed by atoms with Crippen molar-refractivity contribution in [1.82, 2.24) is 0 Å². The molecule has 150 valence electrons. The molecular formula is C24H19ClN2O3. The van der Waals surface area contributed by atoms with E-state index in [-0.39, 0.29) is 5.57 Å². The summed E-state index contributed by atoms with van der Waals surface area (Å²) in [7, 11) is 1.51. The maximum absolute atomic E-state index is 12.4. The Labute approximate surface area is 180 Å². The number of carbonyl (C=O) groups is 1. The van der Waals surface area contributed by atoms with Crippen LogP contribution in [0.25, 0.3) is 6.08 Å². The zero-order valence-corrected chi connectivity index (χ0v) is 17.0. The molecule has 3 aromatic carbocycles. The summed E-state index contributed by atoms with van der Waals surface area (Å²) in [6.45, 7) is 0.465. The van der Waals surface area contributed by atoms with Gasteiger partial charge in [0.05, 0.1) is 12.1 Å². The highest BCUT2D eigenvalue weighted by molar-refractivity contribution is 6.32. The number of nitriles is 1. The molecule has 3 aromatic rings. The summed E-state index contributed by atoms with van der Waals surface area (Å²) in [5.74, 6) is 0.676. The first-order valence-electron chi connectivity index (χ1n) is 9.12. The van der Waals surface area contributed by atoms with Gasteiger partial charge in [-0.2, -0.15) is 5.26 Å². The number of methoxy groups -OCH3 is 1. The number of hydrogen-bond acceptors (Lipinski definition) is 4. The first-order valence-corrected chi connectivity index (χ1v) is 9.50. The molecule has 0 atom stereocenters. The molecule has 0 aliphatic rings. The summed E-state index contributed by atoms with van der Waals surface area (Å²) in [6, 6.07) is 23.8. The van der Waals surface area contributed by atoms with Crippen LogP contribution in [0.3, 0.4) is 0 Å². The Kier molecular flexibility index (Phi) is 7.09. The number of carbonyl (C=O) groups excluding carboxylic acids is 1. The van der Waals surface area contributed by atoms with Gasteiger partial charge in [0, 0.05) is 5.69 Å². The van der Waals surface area contributed by atoms with Crippen LogP contribution in [0.5, 0.6) is 11.5 Å². The summed E-state index contributed by atoms with van der Waals surface area (Å²) < 4.78 is 10.8. The number of amides is 1. The van der Waals surface area contributed by atoms with E-state index in [1.807, 2.05) is 36.4 Å². The van der Waals surface area contributed by atoms with E-state index in [1.165, 1.54) is 13.2 Å². The molecule has 0 aliphatic carbocycles. The van der Waals surface area contributed by atoms with Crippen LogP contribution in [0.4, 0.5) is 5.69 Å². The lowest BCUT2D eigenvalue weighted by atomic mass is 10.1. The minimum Gasteiger partial charge on any atom is -0.495 e. The summed E-state index contributed by atoms with van der Waals surface area (Å²) in [4.78, 5) is 12.4. The van der Waals surface area contributed by atoms with Crippen molar-refractivity contribution >= 4 is 29.3 Å². The van der Waals surface area contributed by atoms with Gasteiger partial charge >= 0.3 is 0 Å². The van der Waals surface area contributed by atoms with Crippen LogP contribution >= 0.6 is 11.6 Å². The van der Waals surface area contributed by atoms with Crippen LogP contribution in [0.2, 0.25) is 5.02 Å². The van der Waals surface area contributed by atoms with Gasteiger partial charge in [0.2, 0.25) is 0 Å². The molecule has 6 heteroatoms. The zero-order chi connectivity index (χ0) is 21.3. The Morgan fingerprint density at radius 3 is 2.47 bits per heavy atom. The SMILES string of the molecule is COc1ccc(NC(=O)/C(C#N)=C/c2ccc(OCc3ccccc3)cc2)cc1Cl. The molecule has 0 aliphatic heterocycles. The first kappa shape index (κ1) is 21.0. The van der Waals surface area contributed by atoms with Crippen LogP contribution in [-0.4, -0.2) is 13.0 Å². The van der Waals surface area contributed by atoms with Crippen LogP contribution in [0.15, 0.2) is 78.4 Å². The van der Waals surface area contributed by atoms with Crippen molar-refractivity contribution < 1.29 is 14.3 Å². The topological polar surface area (TPSA) is 71.3 Å². The minimum atomic E-state index is -0.525. The number of ether oxygens (including phenoxy) is 2. The second kappa shape index (κ2) is 10.1. The number of nitrogens with zero attached hydrogens (tertiary/aromatic N) is 1. The van der Waals surface area contributed by atoms with E-state index in [1.54, 1.807) is 42.5 Å². The molecular weight excluding hydrogens is 400 g/mol. The van der Waals surface area contributed by atoms with Crippen molar-refractivity contribution in [2.75, 3.05) is 12.4 Å². The van der Waals surface area contributed by atoms with Gasteiger partial charge in [0.1, 0.15) is 29.7 Å². The van der Waals surface area contributed by atoms with Gasteiger partial charge in [0.25, 0.3) is 5.91 Å². The van der Waals surface area contributed by atoms with Gasteiger partial charge in [-0.1, -0.05) is 54.1 Å². The van der Waals surface area contributed by atoms with Crippen LogP contribution < -0.4 is 14.8 Å². The summed E-state index contributed by atoms with van der Waals surface area (Å²) in [6.07, 6.45) is 1.52. The zero-order valence-electron chi connectivity index (χ0n) is 16.3. The third kappa shape index (κ3) is 5.63. The van der Waals surface area contributed by atoms with E-state index in [4.69, 9.17) is 21.1 Å². The maximum atomic E-state index is 12.4. The van der Waals surface area contributed by atoms with Gasteiger partial charge in [-0.3, -0.25) is 4.79 Å². The lowest BCUT2D eigenvalue weighted by molar-refractivity contribution is -0.112. The van der Waals surface area contributed by atoms with Gasteiger partial charge in [-0.15, -0.1) is 0 Å². The summed E-state index contributed by atoms with van der Waals surface area (Å²) >= 11 is 6.07. The van der Waals surface area contributed by atoms with Crippen LogP contribution in [0.1, 0.15) is 11.1 Å². The Morgan fingerprint density at radius 2 is 1.83 bits per heavy atom. The van der Waals surface area contributed by atoms with E-state index >= 15 is 0 Å². The Hall–Kier alpha value is -3.75. The predicted molar refractivity (Wildman–Crippen MR) is 117 cm³/mol. The maximum Gasteiger partial charge on any atom is 0.266 e. The number of halogens is 1. The van der Waals surface area contributed by atoms with Crippen LogP contribution in [-0.2, 0) is 11.4 Å². The molecule has 0 heterocycles. The van der Waals surface area contributed by atoms with Gasteiger partial charge in [0.15, 0.2) is 0 Å². The molecule has 0 radical (unpaired) electrons. The first-order chi connectivity index (χ1) is 14.6. The molecule has 30 heavy (non-hydrogen) atoms. The number of benzene rings is 3. The van der Waals surface area contributed by atoms with Crippen molar-refractivity contribution in [3.63, 3.8) is 0 Å². The third-order valence-electron chi connectivity index (χ3n) is 4.21. The van der Waals surface area contributed by atoms with Crippen molar-refractivity contribution in [2.45, 2.75) is 6.61 Å². The molecule has 0 spiro atoms. The minimum absolute atomic E-state index is 0.0279. The second-order valence-electron chi connectivity index (χ2n) is 6.32. The lowest BCUT2D eigenvalue weighted by Crippen LogP contribution is -2.13. The molecule has 0 saturated carbocycles. The van der Waals surface area contributed by atoms with E-state index < -0.39 is 5.91 Å².